The third kappa shape index (κ3) is 2.38. The maximum Gasteiger partial charge on any atom is 0.0964 e. The molecule has 0 fully saturated rings. The number of hydrogen-bond donors (Lipinski definition) is 0. The molecule has 0 spiro atoms. The highest BCUT2D eigenvalue weighted by Gasteiger charge is 2.09. The number of hydrogen-bond acceptors (Lipinski definition) is 2. The lowest BCUT2D eigenvalue weighted by Crippen LogP contribution is -1.92. The maximum absolute atomic E-state index is 4.57. The van der Waals surface area contributed by atoms with Crippen LogP contribution in [0.25, 0.3) is 22.5 Å². The van der Waals surface area contributed by atoms with Crippen molar-refractivity contribution in [1.82, 2.24) is 9.97 Å². The molecule has 0 atom stereocenters. The third-order valence-corrected chi connectivity index (χ3v) is 3.02. The SMILES string of the molecule is Cc1cccc(-c2ncccc2-c2ccccc2)n1. The van der Waals surface area contributed by atoms with E-state index in [1.165, 1.54) is 0 Å². The van der Waals surface area contributed by atoms with E-state index in [9.17, 15) is 0 Å². The molecule has 0 aliphatic rings. The minimum Gasteiger partial charge on any atom is -0.254 e. The van der Waals surface area contributed by atoms with Crippen molar-refractivity contribution in [3.05, 3.63) is 72.6 Å². The zero-order valence-corrected chi connectivity index (χ0v) is 10.7. The summed E-state index contributed by atoms with van der Waals surface area (Å²) in [4.78, 5) is 9.07. The molecule has 2 aromatic heterocycles. The molecule has 1 aromatic carbocycles. The summed E-state index contributed by atoms with van der Waals surface area (Å²) in [7, 11) is 0. The van der Waals surface area contributed by atoms with Gasteiger partial charge in [0.25, 0.3) is 0 Å². The molecule has 2 nitrogen and oxygen atoms in total. The summed E-state index contributed by atoms with van der Waals surface area (Å²) in [6.07, 6.45) is 1.81. The Labute approximate surface area is 112 Å². The van der Waals surface area contributed by atoms with E-state index in [1.807, 2.05) is 55.6 Å². The first-order valence-corrected chi connectivity index (χ1v) is 6.29. The molecule has 19 heavy (non-hydrogen) atoms. The Hall–Kier alpha value is -2.48. The molecule has 0 amide bonds. The minimum atomic E-state index is 0.916. The Morgan fingerprint density at radius 3 is 2.42 bits per heavy atom. The summed E-state index contributed by atoms with van der Waals surface area (Å²) < 4.78 is 0. The van der Waals surface area contributed by atoms with Gasteiger partial charge in [-0.1, -0.05) is 42.5 Å². The molecule has 0 aliphatic heterocycles. The zero-order valence-electron chi connectivity index (χ0n) is 10.7. The van der Waals surface area contributed by atoms with Gasteiger partial charge in [-0.15, -0.1) is 0 Å². The number of aryl methyl sites for hydroxylation is 1. The van der Waals surface area contributed by atoms with E-state index in [0.717, 1.165) is 28.2 Å². The summed E-state index contributed by atoms with van der Waals surface area (Å²) in [5.74, 6) is 0. The van der Waals surface area contributed by atoms with Crippen molar-refractivity contribution >= 4 is 0 Å². The Morgan fingerprint density at radius 1 is 0.789 bits per heavy atom. The van der Waals surface area contributed by atoms with Gasteiger partial charge in [0, 0.05) is 17.5 Å². The van der Waals surface area contributed by atoms with Crippen LogP contribution in [0.3, 0.4) is 0 Å². The van der Waals surface area contributed by atoms with Crippen LogP contribution in [0, 0.1) is 6.92 Å². The molecule has 3 rings (SSSR count). The van der Waals surface area contributed by atoms with Gasteiger partial charge in [-0.3, -0.25) is 9.97 Å². The second-order valence-electron chi connectivity index (χ2n) is 4.43. The van der Waals surface area contributed by atoms with Gasteiger partial charge in [0.15, 0.2) is 0 Å². The van der Waals surface area contributed by atoms with E-state index < -0.39 is 0 Å². The molecule has 0 saturated carbocycles. The van der Waals surface area contributed by atoms with Crippen LogP contribution in [0.5, 0.6) is 0 Å². The molecule has 0 saturated heterocycles. The van der Waals surface area contributed by atoms with Crippen molar-refractivity contribution in [2.24, 2.45) is 0 Å². The Morgan fingerprint density at radius 2 is 1.63 bits per heavy atom. The minimum absolute atomic E-state index is 0.916. The van der Waals surface area contributed by atoms with Crippen LogP contribution in [-0.2, 0) is 0 Å². The van der Waals surface area contributed by atoms with Gasteiger partial charge < -0.3 is 0 Å². The number of aromatic nitrogens is 2. The second-order valence-corrected chi connectivity index (χ2v) is 4.43. The summed E-state index contributed by atoms with van der Waals surface area (Å²) >= 11 is 0. The molecule has 2 heteroatoms. The highest BCUT2D eigenvalue weighted by molar-refractivity contribution is 5.78. The van der Waals surface area contributed by atoms with Crippen LogP contribution < -0.4 is 0 Å². The standard InChI is InChI=1S/C17H14N2/c1-13-7-5-11-16(19-13)17-15(10-6-12-18-17)14-8-3-2-4-9-14/h2-12H,1H3. The first-order chi connectivity index (χ1) is 9.34. The quantitative estimate of drug-likeness (QED) is 0.679. The molecule has 0 radical (unpaired) electrons. The Balaban J connectivity index is 2.18. The third-order valence-electron chi connectivity index (χ3n) is 3.02. The fourth-order valence-electron chi connectivity index (χ4n) is 2.14. The predicted octanol–water partition coefficient (Wildman–Crippen LogP) is 4.12. The average Bonchev–Trinajstić information content (AvgIpc) is 2.48. The monoisotopic (exact) mass is 246 g/mol. The lowest BCUT2D eigenvalue weighted by Gasteiger charge is -2.08. The van der Waals surface area contributed by atoms with Crippen LogP contribution in [0.4, 0.5) is 0 Å². The van der Waals surface area contributed by atoms with Crippen LogP contribution in [0.1, 0.15) is 5.69 Å². The van der Waals surface area contributed by atoms with Crippen molar-refractivity contribution < 1.29 is 0 Å². The predicted molar refractivity (Wildman–Crippen MR) is 77.6 cm³/mol. The van der Waals surface area contributed by atoms with Crippen LogP contribution in [0.2, 0.25) is 0 Å². The number of rotatable bonds is 2. The molecule has 0 bridgehead atoms. The fraction of sp³-hybridized carbons (Fsp3) is 0.0588. The summed E-state index contributed by atoms with van der Waals surface area (Å²) in [5, 5.41) is 0. The molecule has 0 N–H and O–H groups in total. The van der Waals surface area contributed by atoms with Crippen LogP contribution in [0.15, 0.2) is 66.9 Å². The average molecular weight is 246 g/mol. The zero-order chi connectivity index (χ0) is 13.1. The number of nitrogens with zero attached hydrogens (tertiary/aromatic N) is 2. The Bertz CT molecular complexity index is 690. The molecule has 92 valence electrons. The first-order valence-electron chi connectivity index (χ1n) is 6.29. The number of pyridine rings is 2. The van der Waals surface area contributed by atoms with Crippen molar-refractivity contribution in [2.45, 2.75) is 6.92 Å². The highest BCUT2D eigenvalue weighted by atomic mass is 14.8. The van der Waals surface area contributed by atoms with Crippen LogP contribution in [-0.4, -0.2) is 9.97 Å². The Kier molecular flexibility index (Phi) is 3.07. The van der Waals surface area contributed by atoms with Gasteiger partial charge in [-0.25, -0.2) is 0 Å². The second kappa shape index (κ2) is 5.02. The van der Waals surface area contributed by atoms with Crippen molar-refractivity contribution in [1.29, 1.82) is 0 Å². The van der Waals surface area contributed by atoms with E-state index in [1.54, 1.807) is 0 Å². The lowest BCUT2D eigenvalue weighted by molar-refractivity contribution is 1.18. The van der Waals surface area contributed by atoms with Gasteiger partial charge in [-0.2, -0.15) is 0 Å². The van der Waals surface area contributed by atoms with Gasteiger partial charge in [0.2, 0.25) is 0 Å². The van der Waals surface area contributed by atoms with Crippen molar-refractivity contribution in [3.8, 4) is 22.5 Å². The van der Waals surface area contributed by atoms with Gasteiger partial charge in [0.1, 0.15) is 0 Å². The van der Waals surface area contributed by atoms with Gasteiger partial charge in [0.05, 0.1) is 11.4 Å². The van der Waals surface area contributed by atoms with Gasteiger partial charge >= 0.3 is 0 Å². The molecule has 0 unspecified atom stereocenters. The van der Waals surface area contributed by atoms with E-state index >= 15 is 0 Å². The smallest absolute Gasteiger partial charge is 0.0964 e. The topological polar surface area (TPSA) is 25.8 Å². The maximum atomic E-state index is 4.57. The molecular formula is C17H14N2. The van der Waals surface area contributed by atoms with Crippen molar-refractivity contribution in [2.75, 3.05) is 0 Å². The van der Waals surface area contributed by atoms with E-state index in [0.29, 0.717) is 0 Å². The van der Waals surface area contributed by atoms with E-state index in [4.69, 9.17) is 0 Å². The molecule has 0 aliphatic carbocycles. The van der Waals surface area contributed by atoms with Crippen molar-refractivity contribution in [3.63, 3.8) is 0 Å². The van der Waals surface area contributed by atoms with E-state index in [2.05, 4.69) is 28.2 Å². The summed E-state index contributed by atoms with van der Waals surface area (Å²) in [5.41, 5.74) is 5.12. The highest BCUT2D eigenvalue weighted by Crippen LogP contribution is 2.28. The normalized spacial score (nSPS) is 10.4. The van der Waals surface area contributed by atoms with Gasteiger partial charge in [-0.05, 0) is 30.7 Å². The largest absolute Gasteiger partial charge is 0.254 e. The van der Waals surface area contributed by atoms with Crippen LogP contribution >= 0.6 is 0 Å². The lowest BCUT2D eigenvalue weighted by atomic mass is 10.0. The fourth-order valence-corrected chi connectivity index (χ4v) is 2.14. The summed E-state index contributed by atoms with van der Waals surface area (Å²) in [6, 6.07) is 20.3. The number of benzene rings is 1. The molecule has 3 aromatic rings. The van der Waals surface area contributed by atoms with E-state index in [-0.39, 0.29) is 0 Å². The molecular weight excluding hydrogens is 232 g/mol. The molecule has 2 heterocycles. The first kappa shape index (κ1) is 11.6. The summed E-state index contributed by atoms with van der Waals surface area (Å²) in [6.45, 7) is 1.99.